The van der Waals surface area contributed by atoms with E-state index in [1.807, 2.05) is 4.90 Å². The fourth-order valence-electron chi connectivity index (χ4n) is 5.91. The first-order valence-corrected chi connectivity index (χ1v) is 19.3. The van der Waals surface area contributed by atoms with Gasteiger partial charge in [-0.05, 0) is 129 Å². The van der Waals surface area contributed by atoms with E-state index in [1.165, 1.54) is 24.3 Å². The molecule has 0 radical (unpaired) electrons. The van der Waals surface area contributed by atoms with E-state index < -0.39 is 59.1 Å². The maximum atomic E-state index is 14.8. The van der Waals surface area contributed by atoms with E-state index in [9.17, 15) is 27.7 Å². The number of nitrogens with zero attached hydrogens (tertiary/aromatic N) is 2. The Morgan fingerprint density at radius 2 is 1.37 bits per heavy atom. The highest BCUT2D eigenvalue weighted by atomic mass is 31.2. The lowest BCUT2D eigenvalue weighted by atomic mass is 9.96. The van der Waals surface area contributed by atoms with Crippen LogP contribution in [0, 0.1) is 11.6 Å². The van der Waals surface area contributed by atoms with Crippen molar-refractivity contribution in [2.75, 3.05) is 32.4 Å². The van der Waals surface area contributed by atoms with E-state index in [1.54, 1.807) is 87.4 Å². The molecule has 284 valence electrons. The number of carbonyl (C=O) groups is 3. The second-order valence-electron chi connectivity index (χ2n) is 15.9. The summed E-state index contributed by atoms with van der Waals surface area (Å²) in [5.74, 6) is -1.53. The Morgan fingerprint density at radius 1 is 0.824 bits per heavy atom. The van der Waals surface area contributed by atoms with Gasteiger partial charge in [-0.2, -0.15) is 0 Å². The number of ether oxygens (including phenoxy) is 3. The molecule has 1 saturated heterocycles. The number of carbonyl (C=O) groups excluding carboxylic acids is 3. The van der Waals surface area contributed by atoms with Crippen LogP contribution in [-0.2, 0) is 34.6 Å². The van der Waals surface area contributed by atoms with Gasteiger partial charge in [0.2, 0.25) is 7.37 Å². The first-order chi connectivity index (χ1) is 23.5. The van der Waals surface area contributed by atoms with Crippen molar-refractivity contribution in [3.05, 3.63) is 59.7 Å². The zero-order chi connectivity index (χ0) is 38.4. The zero-order valence-electron chi connectivity index (χ0n) is 31.8. The monoisotopic (exact) mass is 736 g/mol. The zero-order valence-corrected chi connectivity index (χ0v) is 32.7. The fourth-order valence-corrected chi connectivity index (χ4v) is 8.91. The molecule has 1 unspecified atom stereocenters. The molecule has 2 atom stereocenters. The second-order valence-corrected chi connectivity index (χ2v) is 18.8. The van der Waals surface area contributed by atoms with Gasteiger partial charge in [-0.3, -0.25) is 14.3 Å². The number of hydrogen-bond donors (Lipinski definition) is 0. The molecule has 0 aliphatic carbocycles. The summed E-state index contributed by atoms with van der Waals surface area (Å²) in [4.78, 5) is 43.4. The number of halogens is 2. The average molecular weight is 737 g/mol. The fraction of sp³-hybridized carbons (Fsp3) is 0.605. The molecule has 2 amide bonds. The number of imide groups is 1. The molecule has 3 rings (SSSR count). The largest absolute Gasteiger partial charge is 0.459 e. The van der Waals surface area contributed by atoms with Crippen molar-refractivity contribution in [3.8, 4) is 11.1 Å². The van der Waals surface area contributed by atoms with Crippen molar-refractivity contribution >= 4 is 25.5 Å². The summed E-state index contributed by atoms with van der Waals surface area (Å²) in [6.07, 6.45) is -1.08. The minimum atomic E-state index is -3.69. The van der Waals surface area contributed by atoms with E-state index in [-0.39, 0.29) is 51.7 Å². The Hall–Kier alpha value is -3.34. The van der Waals surface area contributed by atoms with Crippen LogP contribution in [0.4, 0.5) is 18.4 Å². The molecule has 13 heteroatoms. The smallest absolute Gasteiger partial charge is 0.419 e. The molecule has 1 heterocycles. The molecule has 0 saturated carbocycles. The maximum Gasteiger partial charge on any atom is 0.419 e. The molecule has 1 fully saturated rings. The van der Waals surface area contributed by atoms with Gasteiger partial charge >= 0.3 is 18.2 Å². The van der Waals surface area contributed by atoms with Crippen LogP contribution in [0.3, 0.4) is 0 Å². The van der Waals surface area contributed by atoms with Crippen molar-refractivity contribution in [2.45, 2.75) is 117 Å². The predicted octanol–water partition coefficient (Wildman–Crippen LogP) is 9.19. The van der Waals surface area contributed by atoms with E-state index in [4.69, 9.17) is 18.7 Å². The number of amides is 2. The normalized spacial score (nSPS) is 20.1. The molecule has 10 nitrogen and oxygen atoms in total. The van der Waals surface area contributed by atoms with Crippen molar-refractivity contribution < 1.29 is 46.5 Å². The summed E-state index contributed by atoms with van der Waals surface area (Å²) in [5.41, 5.74) is -0.703. The predicted molar refractivity (Wildman–Crippen MR) is 193 cm³/mol. The summed E-state index contributed by atoms with van der Waals surface area (Å²) >= 11 is 0. The number of benzene rings is 2. The highest BCUT2D eigenvalue weighted by Gasteiger charge is 2.59. The van der Waals surface area contributed by atoms with Crippen LogP contribution in [0.15, 0.2) is 42.5 Å². The lowest BCUT2D eigenvalue weighted by molar-refractivity contribution is -0.160. The van der Waals surface area contributed by atoms with Gasteiger partial charge in [-0.1, -0.05) is 18.2 Å². The Balaban J connectivity index is 1.97. The van der Waals surface area contributed by atoms with E-state index in [0.717, 1.165) is 10.5 Å². The van der Waals surface area contributed by atoms with E-state index in [0.29, 0.717) is 17.7 Å². The Labute approximate surface area is 301 Å². The molecule has 0 bridgehead atoms. The SMILES string of the molecule is CCOP1(=O)CCN(Cc2ccc(F)cc2-c2ccc(F)cc2)C[C@@]1(CCCCN(C(=O)OC(C)(C)C)C(=O)OC(C)(C)C)C(=O)OC(C)(C)C. The third kappa shape index (κ3) is 11.8. The number of rotatable bonds is 11. The lowest BCUT2D eigenvalue weighted by Gasteiger charge is -2.46. The molecule has 1 aliphatic rings. The van der Waals surface area contributed by atoms with Gasteiger partial charge in [-0.15, -0.1) is 0 Å². The minimum Gasteiger partial charge on any atom is -0.459 e. The maximum absolute atomic E-state index is 14.8. The molecular weight excluding hydrogens is 681 g/mol. The van der Waals surface area contributed by atoms with Crippen LogP contribution in [-0.4, -0.2) is 82.3 Å². The summed E-state index contributed by atoms with van der Waals surface area (Å²) in [5, 5.41) is -1.59. The second kappa shape index (κ2) is 16.6. The van der Waals surface area contributed by atoms with Gasteiger partial charge in [0.25, 0.3) is 0 Å². The molecule has 51 heavy (non-hydrogen) atoms. The van der Waals surface area contributed by atoms with Crippen LogP contribution in [0.5, 0.6) is 0 Å². The van der Waals surface area contributed by atoms with Crippen LogP contribution >= 0.6 is 7.37 Å². The van der Waals surface area contributed by atoms with Gasteiger partial charge in [0.15, 0.2) is 5.16 Å². The van der Waals surface area contributed by atoms with Gasteiger partial charge in [-0.25, -0.2) is 23.3 Å². The Morgan fingerprint density at radius 3 is 1.90 bits per heavy atom. The standard InChI is InChI=1S/C38H55F2N2O8P/c1-11-47-51(46)23-22-41(25-28-16-19-30(40)24-31(28)27-14-17-29(39)18-15-27)26-38(51,32(43)48-35(2,3)4)20-12-13-21-42(33(44)49-36(5,6)7)34(45)50-37(8,9)10/h14-19,24H,11-13,20-23,25-26H2,1-10H3/t38-,51?/m0/s1. The average Bonchev–Trinajstić information content (AvgIpc) is 2.97. The molecule has 1 aliphatic heterocycles. The third-order valence-corrected chi connectivity index (χ3v) is 11.4. The highest BCUT2D eigenvalue weighted by Crippen LogP contribution is 2.64. The van der Waals surface area contributed by atoms with Gasteiger partial charge in [0.05, 0.1) is 6.61 Å². The Kier molecular flexibility index (Phi) is 13.7. The topological polar surface area (TPSA) is 112 Å². The molecule has 2 aromatic carbocycles. The van der Waals surface area contributed by atoms with E-state index >= 15 is 0 Å². The van der Waals surface area contributed by atoms with Crippen LogP contribution in [0.2, 0.25) is 0 Å². The van der Waals surface area contributed by atoms with Crippen molar-refractivity contribution in [1.82, 2.24) is 9.80 Å². The molecule has 0 aromatic heterocycles. The van der Waals surface area contributed by atoms with Crippen molar-refractivity contribution in [2.24, 2.45) is 0 Å². The number of hydrogen-bond acceptors (Lipinski definition) is 9. The molecule has 0 N–H and O–H groups in total. The summed E-state index contributed by atoms with van der Waals surface area (Å²) in [6, 6.07) is 10.2. The number of esters is 1. The van der Waals surface area contributed by atoms with Crippen molar-refractivity contribution in [3.63, 3.8) is 0 Å². The summed E-state index contributed by atoms with van der Waals surface area (Å²) in [7, 11) is -3.69. The molecule has 0 spiro atoms. The van der Waals surface area contributed by atoms with Crippen molar-refractivity contribution in [1.29, 1.82) is 0 Å². The summed E-state index contributed by atoms with van der Waals surface area (Å²) < 4.78 is 66.0. The first kappa shape index (κ1) is 42.1. The highest BCUT2D eigenvalue weighted by molar-refractivity contribution is 7.62. The molecular formula is C38H55F2N2O8P. The lowest BCUT2D eigenvalue weighted by Crippen LogP contribution is -2.56. The third-order valence-electron chi connectivity index (χ3n) is 8.04. The van der Waals surface area contributed by atoms with Crippen LogP contribution in [0.1, 0.15) is 94.1 Å². The quantitative estimate of drug-likeness (QED) is 0.0965. The van der Waals surface area contributed by atoms with Crippen LogP contribution < -0.4 is 0 Å². The summed E-state index contributed by atoms with van der Waals surface area (Å²) in [6.45, 7) is 17.7. The van der Waals surface area contributed by atoms with Crippen LogP contribution in [0.25, 0.3) is 11.1 Å². The van der Waals surface area contributed by atoms with E-state index in [2.05, 4.69) is 0 Å². The first-order valence-electron chi connectivity index (χ1n) is 17.4. The van der Waals surface area contributed by atoms with Gasteiger partial charge in [0.1, 0.15) is 28.4 Å². The van der Waals surface area contributed by atoms with Gasteiger partial charge < -0.3 is 18.7 Å². The number of unbranched alkanes of at least 4 members (excludes halogenated alkanes) is 1. The minimum absolute atomic E-state index is 0.0152. The van der Waals surface area contributed by atoms with Gasteiger partial charge in [0, 0.05) is 32.3 Å². The Bertz CT molecular complexity index is 1550. The molecule has 2 aromatic rings.